The van der Waals surface area contributed by atoms with Crippen molar-refractivity contribution in [2.45, 2.75) is 30.7 Å². The van der Waals surface area contributed by atoms with Gasteiger partial charge in [0.1, 0.15) is 0 Å². The smallest absolute Gasteiger partial charge is 0.328 e. The average Bonchev–Trinajstić information content (AvgIpc) is 2.94. The van der Waals surface area contributed by atoms with Crippen molar-refractivity contribution in [3.8, 4) is 0 Å². The number of imide groups is 1. The highest BCUT2D eigenvalue weighted by molar-refractivity contribution is 6.21. The minimum absolute atomic E-state index is 0.00154. The van der Waals surface area contributed by atoms with Gasteiger partial charge in [-0.05, 0) is 37.5 Å². The van der Waals surface area contributed by atoms with Gasteiger partial charge in [0.25, 0.3) is 0 Å². The maximum atomic E-state index is 12.4. The summed E-state index contributed by atoms with van der Waals surface area (Å²) in [5.74, 6) is -0.373. The van der Waals surface area contributed by atoms with Gasteiger partial charge in [-0.3, -0.25) is 15.0 Å². The largest absolute Gasteiger partial charge is 0.345 e. The fourth-order valence-corrected chi connectivity index (χ4v) is 3.79. The van der Waals surface area contributed by atoms with E-state index >= 15 is 0 Å². The van der Waals surface area contributed by atoms with Gasteiger partial charge in [0, 0.05) is 11.1 Å². The van der Waals surface area contributed by atoms with Gasteiger partial charge in [-0.25, -0.2) is 9.78 Å². The van der Waals surface area contributed by atoms with E-state index in [9.17, 15) is 9.59 Å². The Kier molecular flexibility index (Phi) is 3.07. The highest BCUT2D eigenvalue weighted by Crippen LogP contribution is 2.36. The van der Waals surface area contributed by atoms with Crippen LogP contribution in [-0.4, -0.2) is 33.3 Å². The Labute approximate surface area is 131 Å². The van der Waals surface area contributed by atoms with Gasteiger partial charge >= 0.3 is 6.03 Å². The topological polar surface area (TPSA) is 78.1 Å². The Balaban J connectivity index is 1.76. The van der Waals surface area contributed by atoms with Crippen LogP contribution in [0.5, 0.6) is 0 Å². The number of anilines is 1. The van der Waals surface area contributed by atoms with Crippen molar-refractivity contribution >= 4 is 40.3 Å². The second-order valence-corrected chi connectivity index (χ2v) is 6.47. The molecular weight excluding hydrogens is 304 g/mol. The summed E-state index contributed by atoms with van der Waals surface area (Å²) < 4.78 is 0. The van der Waals surface area contributed by atoms with E-state index in [0.29, 0.717) is 12.8 Å². The molecule has 2 aromatic rings. The Bertz CT molecular complexity index is 759. The van der Waals surface area contributed by atoms with Gasteiger partial charge in [0.2, 0.25) is 5.91 Å². The van der Waals surface area contributed by atoms with Gasteiger partial charge < -0.3 is 4.98 Å². The standard InChI is InChI=1S/C15H15ClN4O2/c16-8-1-3-10-13(5-8)20(15(22)19-14(10)21)9-2-4-11-12(6-9)18-7-17-11/h2,4,6-8,10,13H,1,3,5H2,(H,17,18)(H,19,21,22). The Morgan fingerprint density at radius 2 is 2.14 bits per heavy atom. The van der Waals surface area contributed by atoms with Gasteiger partial charge in [-0.2, -0.15) is 0 Å². The fraction of sp³-hybridized carbons (Fsp3) is 0.400. The molecule has 1 aromatic heterocycles. The SMILES string of the molecule is O=C1NC(=O)N(c2ccc3nc[nH]c3c2)C2CC(Cl)CCC12. The molecule has 2 aliphatic rings. The summed E-state index contributed by atoms with van der Waals surface area (Å²) in [6, 6.07) is 5.04. The van der Waals surface area contributed by atoms with Crippen LogP contribution in [0.15, 0.2) is 24.5 Å². The number of nitrogens with zero attached hydrogens (tertiary/aromatic N) is 2. The zero-order valence-electron chi connectivity index (χ0n) is 11.8. The van der Waals surface area contributed by atoms with Crippen molar-refractivity contribution in [2.24, 2.45) is 5.92 Å². The minimum Gasteiger partial charge on any atom is -0.345 e. The number of carbonyl (C=O) groups excluding carboxylic acids is 2. The van der Waals surface area contributed by atoms with E-state index in [1.807, 2.05) is 18.2 Å². The van der Waals surface area contributed by atoms with E-state index in [1.165, 1.54) is 0 Å². The number of imidazole rings is 1. The normalized spacial score (nSPS) is 28.6. The van der Waals surface area contributed by atoms with E-state index in [-0.39, 0.29) is 29.3 Å². The number of nitrogens with one attached hydrogen (secondary N) is 2. The van der Waals surface area contributed by atoms with E-state index in [0.717, 1.165) is 23.1 Å². The van der Waals surface area contributed by atoms with Crippen LogP contribution >= 0.6 is 11.6 Å². The van der Waals surface area contributed by atoms with Gasteiger partial charge in [-0.15, -0.1) is 11.6 Å². The summed E-state index contributed by atoms with van der Waals surface area (Å²) in [7, 11) is 0. The number of aromatic nitrogens is 2. The van der Waals surface area contributed by atoms with Crippen molar-refractivity contribution in [2.75, 3.05) is 4.90 Å². The number of rotatable bonds is 1. The number of fused-ring (bicyclic) bond motifs is 2. The zero-order chi connectivity index (χ0) is 15.3. The lowest BCUT2D eigenvalue weighted by atomic mass is 9.81. The number of H-pyrrole nitrogens is 1. The van der Waals surface area contributed by atoms with Crippen LogP contribution in [0.2, 0.25) is 0 Å². The molecule has 3 amide bonds. The predicted octanol–water partition coefficient (Wildman–Crippen LogP) is 2.40. The summed E-state index contributed by atoms with van der Waals surface area (Å²) >= 11 is 6.28. The van der Waals surface area contributed by atoms with E-state index in [1.54, 1.807) is 11.2 Å². The number of benzene rings is 1. The third kappa shape index (κ3) is 2.06. The first-order valence-electron chi connectivity index (χ1n) is 7.35. The predicted molar refractivity (Wildman–Crippen MR) is 82.9 cm³/mol. The van der Waals surface area contributed by atoms with Gasteiger partial charge in [0.05, 0.1) is 29.3 Å². The molecule has 1 saturated heterocycles. The van der Waals surface area contributed by atoms with Crippen molar-refractivity contribution < 1.29 is 9.59 Å². The quantitative estimate of drug-likeness (QED) is 0.792. The van der Waals surface area contributed by atoms with Crippen LogP contribution in [0.1, 0.15) is 19.3 Å². The third-order valence-corrected chi connectivity index (χ3v) is 4.95. The summed E-state index contributed by atoms with van der Waals surface area (Å²) in [5, 5.41) is 2.46. The maximum absolute atomic E-state index is 12.4. The first-order chi connectivity index (χ1) is 10.6. The molecule has 1 aromatic carbocycles. The highest BCUT2D eigenvalue weighted by atomic mass is 35.5. The van der Waals surface area contributed by atoms with Crippen LogP contribution in [0.4, 0.5) is 10.5 Å². The molecule has 2 heterocycles. The molecule has 1 saturated carbocycles. The Morgan fingerprint density at radius 1 is 1.27 bits per heavy atom. The van der Waals surface area contributed by atoms with Crippen LogP contribution in [0.25, 0.3) is 11.0 Å². The molecule has 4 rings (SSSR count). The van der Waals surface area contributed by atoms with Crippen molar-refractivity contribution in [1.29, 1.82) is 0 Å². The molecule has 3 atom stereocenters. The first-order valence-corrected chi connectivity index (χ1v) is 7.78. The number of carbonyl (C=O) groups is 2. The van der Waals surface area contributed by atoms with Crippen LogP contribution in [0.3, 0.4) is 0 Å². The molecule has 3 unspecified atom stereocenters. The number of urea groups is 1. The van der Waals surface area contributed by atoms with Crippen molar-refractivity contribution in [1.82, 2.24) is 15.3 Å². The number of halogens is 1. The fourth-order valence-electron chi connectivity index (χ4n) is 3.48. The van der Waals surface area contributed by atoms with Crippen LogP contribution in [-0.2, 0) is 4.79 Å². The number of hydrogen-bond acceptors (Lipinski definition) is 3. The van der Waals surface area contributed by atoms with Gasteiger partial charge in [-0.1, -0.05) is 0 Å². The second kappa shape index (κ2) is 4.98. The summed E-state index contributed by atoms with van der Waals surface area (Å²) in [6.45, 7) is 0. The van der Waals surface area contributed by atoms with Crippen molar-refractivity contribution in [3.05, 3.63) is 24.5 Å². The summed E-state index contributed by atoms with van der Waals surface area (Å²) in [5.41, 5.74) is 2.45. The molecule has 0 radical (unpaired) electrons. The third-order valence-electron chi connectivity index (χ3n) is 4.55. The molecule has 1 aliphatic carbocycles. The van der Waals surface area contributed by atoms with Crippen LogP contribution < -0.4 is 10.2 Å². The maximum Gasteiger partial charge on any atom is 0.328 e. The van der Waals surface area contributed by atoms with E-state index in [4.69, 9.17) is 11.6 Å². The Morgan fingerprint density at radius 3 is 3.00 bits per heavy atom. The number of aromatic amines is 1. The lowest BCUT2D eigenvalue weighted by Gasteiger charge is -2.43. The average molecular weight is 319 g/mol. The molecule has 7 heteroatoms. The monoisotopic (exact) mass is 318 g/mol. The molecule has 0 bridgehead atoms. The van der Waals surface area contributed by atoms with E-state index < -0.39 is 0 Å². The first kappa shape index (κ1) is 13.6. The number of hydrogen-bond donors (Lipinski definition) is 2. The highest BCUT2D eigenvalue weighted by Gasteiger charge is 2.45. The number of amides is 3. The molecular formula is C15H15ClN4O2. The molecule has 2 N–H and O–H groups in total. The molecule has 114 valence electrons. The molecule has 0 spiro atoms. The second-order valence-electron chi connectivity index (χ2n) is 5.85. The lowest BCUT2D eigenvalue weighted by molar-refractivity contribution is -0.126. The Hall–Kier alpha value is -2.08. The molecule has 6 nitrogen and oxygen atoms in total. The van der Waals surface area contributed by atoms with E-state index in [2.05, 4.69) is 15.3 Å². The summed E-state index contributed by atoms with van der Waals surface area (Å²) in [6.07, 6.45) is 3.76. The molecule has 1 aliphatic heterocycles. The summed E-state index contributed by atoms with van der Waals surface area (Å²) in [4.78, 5) is 33.3. The van der Waals surface area contributed by atoms with Crippen molar-refractivity contribution in [3.63, 3.8) is 0 Å². The van der Waals surface area contributed by atoms with Gasteiger partial charge in [0.15, 0.2) is 0 Å². The molecule has 22 heavy (non-hydrogen) atoms. The molecule has 2 fully saturated rings. The minimum atomic E-state index is -0.379. The lowest BCUT2D eigenvalue weighted by Crippen LogP contribution is -2.62. The zero-order valence-corrected chi connectivity index (χ0v) is 12.5. The number of alkyl halides is 1. The van der Waals surface area contributed by atoms with Crippen LogP contribution in [0, 0.1) is 5.92 Å².